The summed E-state index contributed by atoms with van der Waals surface area (Å²) in [5.74, 6) is -2.07. The van der Waals surface area contributed by atoms with Crippen molar-refractivity contribution in [2.75, 3.05) is 24.6 Å². The molecule has 1 spiro atoms. The van der Waals surface area contributed by atoms with E-state index in [2.05, 4.69) is 5.16 Å². The zero-order chi connectivity index (χ0) is 27.3. The summed E-state index contributed by atoms with van der Waals surface area (Å²) < 4.78 is 85.6. The Hall–Kier alpha value is -2.41. The molecule has 0 radical (unpaired) electrons. The number of halogens is 6. The van der Waals surface area contributed by atoms with Crippen molar-refractivity contribution >= 4 is 44.7 Å². The number of carbonyl (C=O) groups excluding carboxylic acids is 1. The van der Waals surface area contributed by atoms with Gasteiger partial charge in [0.25, 0.3) is 5.60 Å². The lowest BCUT2D eigenvalue weighted by molar-refractivity contribution is -0.275. The molecule has 2 aromatic carbocycles. The Bertz CT molecular complexity index is 1490. The molecule has 202 valence electrons. The number of oxime groups is 1. The van der Waals surface area contributed by atoms with Crippen molar-refractivity contribution < 1.29 is 40.3 Å². The van der Waals surface area contributed by atoms with E-state index >= 15 is 0 Å². The molecule has 4 aliphatic rings. The quantitative estimate of drug-likeness (QED) is 0.391. The van der Waals surface area contributed by atoms with Crippen molar-refractivity contribution in [3.63, 3.8) is 0 Å². The smallest absolute Gasteiger partial charge is 0.374 e. The number of carbonyl (C=O) groups is 1. The molecule has 1 atom stereocenters. The highest BCUT2D eigenvalue weighted by molar-refractivity contribution is 7.92. The number of sulfone groups is 1. The molecule has 2 saturated heterocycles. The minimum Gasteiger partial charge on any atom is -0.374 e. The molecule has 0 bridgehead atoms. The first-order valence-corrected chi connectivity index (χ1v) is 14.1. The average Bonchev–Trinajstić information content (AvgIpc) is 3.42. The van der Waals surface area contributed by atoms with E-state index in [-0.39, 0.29) is 42.8 Å². The van der Waals surface area contributed by atoms with E-state index < -0.39 is 61.0 Å². The number of alkyl halides is 3. The molecule has 4 heterocycles. The molecule has 1 unspecified atom stereocenters. The van der Waals surface area contributed by atoms with Crippen molar-refractivity contribution in [2.45, 2.75) is 30.4 Å². The SMILES string of the molecule is O=C(C1CS(=O)(=O)C1)N1CC2(C1)OCc1cc(C3=NOC(c4cc(Cl)c(F)c(Cl)c4)(C(F)(F)F)C3)ccc12. The maximum atomic E-state index is 14.3. The highest BCUT2D eigenvalue weighted by Gasteiger charge is 2.63. The van der Waals surface area contributed by atoms with Gasteiger partial charge in [0.2, 0.25) is 5.91 Å². The van der Waals surface area contributed by atoms with Crippen LogP contribution >= 0.6 is 23.2 Å². The summed E-state index contributed by atoms with van der Waals surface area (Å²) in [6.45, 7) is 0.717. The number of rotatable bonds is 3. The van der Waals surface area contributed by atoms with E-state index in [0.717, 1.165) is 23.3 Å². The molecule has 0 saturated carbocycles. The van der Waals surface area contributed by atoms with E-state index in [1.54, 1.807) is 23.1 Å². The molecule has 6 rings (SSSR count). The topological polar surface area (TPSA) is 85.3 Å². The minimum atomic E-state index is -4.92. The Morgan fingerprint density at radius 1 is 1.11 bits per heavy atom. The molecular formula is C24H18Cl2F4N2O5S. The fourth-order valence-corrected chi connectivity index (χ4v) is 7.33. The van der Waals surface area contributed by atoms with Crippen LogP contribution in [0.2, 0.25) is 10.0 Å². The summed E-state index contributed by atoms with van der Waals surface area (Å²) >= 11 is 11.5. The zero-order valence-electron chi connectivity index (χ0n) is 19.3. The molecule has 38 heavy (non-hydrogen) atoms. The highest BCUT2D eigenvalue weighted by Crippen LogP contribution is 2.51. The van der Waals surface area contributed by atoms with Crippen LogP contribution in [0, 0.1) is 11.7 Å². The van der Waals surface area contributed by atoms with Crippen molar-refractivity contribution in [3.05, 3.63) is 68.4 Å². The molecule has 2 fully saturated rings. The number of likely N-dealkylation sites (tertiary alicyclic amines) is 1. The largest absolute Gasteiger partial charge is 0.435 e. The minimum absolute atomic E-state index is 0.0271. The van der Waals surface area contributed by atoms with Crippen LogP contribution in [0.15, 0.2) is 35.5 Å². The fourth-order valence-electron chi connectivity index (χ4n) is 5.43. The first-order valence-electron chi connectivity index (χ1n) is 11.5. The van der Waals surface area contributed by atoms with Crippen LogP contribution in [0.3, 0.4) is 0 Å². The van der Waals surface area contributed by atoms with E-state index in [1.807, 2.05) is 0 Å². The number of amides is 1. The Kier molecular flexibility index (Phi) is 5.64. The van der Waals surface area contributed by atoms with Gasteiger partial charge in [0, 0.05) is 12.0 Å². The van der Waals surface area contributed by atoms with Crippen molar-refractivity contribution in [1.82, 2.24) is 4.90 Å². The van der Waals surface area contributed by atoms with Gasteiger partial charge in [-0.2, -0.15) is 13.2 Å². The number of benzene rings is 2. The molecule has 1 amide bonds. The molecule has 0 aliphatic carbocycles. The van der Waals surface area contributed by atoms with Crippen LogP contribution in [0.5, 0.6) is 0 Å². The third-order valence-corrected chi connectivity index (χ3v) is 9.90. The summed E-state index contributed by atoms with van der Waals surface area (Å²) in [5, 5.41) is 2.60. The predicted octanol–water partition coefficient (Wildman–Crippen LogP) is 4.33. The first kappa shape index (κ1) is 25.8. The van der Waals surface area contributed by atoms with Gasteiger partial charge in [-0.1, -0.05) is 40.5 Å². The summed E-state index contributed by atoms with van der Waals surface area (Å²) in [6.07, 6.45) is -5.61. The van der Waals surface area contributed by atoms with E-state index in [0.29, 0.717) is 5.56 Å². The van der Waals surface area contributed by atoms with Gasteiger partial charge in [-0.25, -0.2) is 12.8 Å². The van der Waals surface area contributed by atoms with Gasteiger partial charge in [-0.3, -0.25) is 4.79 Å². The van der Waals surface area contributed by atoms with Crippen molar-refractivity contribution in [1.29, 1.82) is 0 Å². The summed E-state index contributed by atoms with van der Waals surface area (Å²) in [5.41, 5.74) is -2.14. The highest BCUT2D eigenvalue weighted by atomic mass is 35.5. The lowest BCUT2D eigenvalue weighted by Gasteiger charge is -2.49. The molecule has 0 aromatic heterocycles. The van der Waals surface area contributed by atoms with Crippen LogP contribution in [0.1, 0.15) is 28.7 Å². The van der Waals surface area contributed by atoms with E-state index in [9.17, 15) is 30.8 Å². The number of hydrogen-bond acceptors (Lipinski definition) is 6. The monoisotopic (exact) mass is 592 g/mol. The molecule has 2 aromatic rings. The van der Waals surface area contributed by atoms with Crippen LogP contribution in [0.4, 0.5) is 17.6 Å². The lowest BCUT2D eigenvalue weighted by Crippen LogP contribution is -2.64. The Morgan fingerprint density at radius 3 is 2.37 bits per heavy atom. The first-order chi connectivity index (χ1) is 17.7. The maximum absolute atomic E-state index is 14.3. The van der Waals surface area contributed by atoms with Gasteiger partial charge >= 0.3 is 6.18 Å². The standard InChI is InChI=1S/C24H18Cl2F4N2O5S/c25-17-4-15(5-18(26)20(17)27)23(24(28,29)30)6-19(31-37-23)12-1-2-16-13(3-12)7-36-22(16)10-32(11-22)21(33)14-8-38(34,35)9-14/h1-5,14H,6-11H2. The summed E-state index contributed by atoms with van der Waals surface area (Å²) in [6, 6.07) is 6.67. The predicted molar refractivity (Wildman–Crippen MR) is 128 cm³/mol. The lowest BCUT2D eigenvalue weighted by atomic mass is 9.82. The normalized spacial score (nSPS) is 25.4. The molecular weight excluding hydrogens is 575 g/mol. The number of nitrogens with zero attached hydrogens (tertiary/aromatic N) is 2. The third-order valence-electron chi connectivity index (χ3n) is 7.53. The van der Waals surface area contributed by atoms with Gasteiger partial charge in [0.05, 0.1) is 52.9 Å². The average molecular weight is 593 g/mol. The van der Waals surface area contributed by atoms with Crippen molar-refractivity contribution in [3.8, 4) is 0 Å². The number of fused-ring (bicyclic) bond motifs is 2. The Labute approximate surface area is 224 Å². The molecule has 7 nitrogen and oxygen atoms in total. The summed E-state index contributed by atoms with van der Waals surface area (Å²) in [7, 11) is -3.12. The van der Waals surface area contributed by atoms with E-state index in [4.69, 9.17) is 32.8 Å². The van der Waals surface area contributed by atoms with E-state index in [1.165, 1.54) is 0 Å². The van der Waals surface area contributed by atoms with Gasteiger partial charge in [0.15, 0.2) is 15.7 Å². The van der Waals surface area contributed by atoms with Crippen LogP contribution < -0.4 is 0 Å². The second kappa shape index (κ2) is 8.30. The van der Waals surface area contributed by atoms with Gasteiger partial charge in [-0.15, -0.1) is 0 Å². The van der Waals surface area contributed by atoms with Gasteiger partial charge in [-0.05, 0) is 34.9 Å². The third kappa shape index (κ3) is 3.82. The van der Waals surface area contributed by atoms with Gasteiger partial charge in [0.1, 0.15) is 5.60 Å². The van der Waals surface area contributed by atoms with Crippen LogP contribution in [0.25, 0.3) is 0 Å². The zero-order valence-corrected chi connectivity index (χ0v) is 21.6. The second-order valence-electron chi connectivity index (χ2n) is 10.0. The van der Waals surface area contributed by atoms with Crippen molar-refractivity contribution in [2.24, 2.45) is 11.1 Å². The maximum Gasteiger partial charge on any atom is 0.435 e. The van der Waals surface area contributed by atoms with Gasteiger partial charge < -0.3 is 14.5 Å². The Balaban J connectivity index is 1.22. The molecule has 0 N–H and O–H groups in total. The second-order valence-corrected chi connectivity index (χ2v) is 13.0. The van der Waals surface area contributed by atoms with Crippen LogP contribution in [-0.2, 0) is 42.0 Å². The molecule has 14 heteroatoms. The number of ether oxygens (including phenoxy) is 1. The summed E-state index contributed by atoms with van der Waals surface area (Å²) in [4.78, 5) is 19.1. The fraction of sp³-hybridized carbons (Fsp3) is 0.417. The van der Waals surface area contributed by atoms with Crippen LogP contribution in [-0.4, -0.2) is 55.7 Å². The molecule has 4 aliphatic heterocycles. The Morgan fingerprint density at radius 2 is 1.76 bits per heavy atom. The number of hydrogen-bond donors (Lipinski definition) is 0.